The molecule has 0 radical (unpaired) electrons. The number of nitrogens with one attached hydrogen (secondary N) is 2. The molecule has 1 aliphatic rings. The molecule has 1 atom stereocenters. The molecule has 5 nitrogen and oxygen atoms in total. The predicted octanol–water partition coefficient (Wildman–Crippen LogP) is 3.42. The van der Waals surface area contributed by atoms with Crippen LogP contribution in [0.25, 0.3) is 0 Å². The Bertz CT molecular complexity index is 539. The largest absolute Gasteiger partial charge is 0.481 e. The minimum Gasteiger partial charge on any atom is -0.481 e. The quantitative estimate of drug-likeness (QED) is 0.769. The molecule has 1 unspecified atom stereocenters. The summed E-state index contributed by atoms with van der Waals surface area (Å²) in [4.78, 5) is 22.9. The fourth-order valence-corrected chi connectivity index (χ4v) is 3.11. The first-order chi connectivity index (χ1) is 11.0. The van der Waals surface area contributed by atoms with Crippen LogP contribution in [0.15, 0.2) is 24.3 Å². The molecule has 0 aromatic heterocycles. The van der Waals surface area contributed by atoms with Gasteiger partial charge in [0, 0.05) is 17.6 Å². The number of halogens is 1. The summed E-state index contributed by atoms with van der Waals surface area (Å²) in [6.07, 6.45) is 3.35. The molecule has 0 aliphatic heterocycles. The van der Waals surface area contributed by atoms with Gasteiger partial charge in [-0.1, -0.05) is 30.7 Å². The van der Waals surface area contributed by atoms with Crippen molar-refractivity contribution in [1.29, 1.82) is 0 Å². The summed E-state index contributed by atoms with van der Waals surface area (Å²) in [6.45, 7) is 2.22. The Labute approximate surface area is 141 Å². The average Bonchev–Trinajstić information content (AvgIpc) is 2.54. The van der Waals surface area contributed by atoms with Crippen LogP contribution in [0.4, 0.5) is 4.79 Å². The lowest BCUT2D eigenvalue weighted by Gasteiger charge is -2.31. The van der Waals surface area contributed by atoms with E-state index in [1.165, 1.54) is 0 Å². The number of amides is 2. The number of hydrogen-bond donors (Lipinski definition) is 3. The van der Waals surface area contributed by atoms with Gasteiger partial charge in [-0.15, -0.1) is 0 Å². The van der Waals surface area contributed by atoms with Gasteiger partial charge in [-0.25, -0.2) is 4.79 Å². The Morgan fingerprint density at radius 3 is 2.39 bits per heavy atom. The van der Waals surface area contributed by atoms with E-state index in [1.54, 1.807) is 19.1 Å². The van der Waals surface area contributed by atoms with E-state index >= 15 is 0 Å². The zero-order valence-corrected chi connectivity index (χ0v) is 14.0. The Hall–Kier alpha value is -1.75. The number of benzene rings is 1. The van der Waals surface area contributed by atoms with Gasteiger partial charge in [0.15, 0.2) is 0 Å². The van der Waals surface area contributed by atoms with E-state index in [-0.39, 0.29) is 23.9 Å². The van der Waals surface area contributed by atoms with E-state index in [0.29, 0.717) is 11.6 Å². The highest BCUT2D eigenvalue weighted by Crippen LogP contribution is 2.30. The molecule has 2 rings (SSSR count). The summed E-state index contributed by atoms with van der Waals surface area (Å²) < 4.78 is 0. The van der Waals surface area contributed by atoms with Crippen LogP contribution in [0.2, 0.25) is 5.02 Å². The molecule has 3 N–H and O–H groups in total. The van der Waals surface area contributed by atoms with E-state index in [2.05, 4.69) is 10.6 Å². The summed E-state index contributed by atoms with van der Waals surface area (Å²) in [5.41, 5.74) is 0.989. The van der Waals surface area contributed by atoms with Gasteiger partial charge in [-0.2, -0.15) is 0 Å². The van der Waals surface area contributed by atoms with E-state index in [9.17, 15) is 9.59 Å². The smallest absolute Gasteiger partial charge is 0.315 e. The molecule has 126 valence electrons. The van der Waals surface area contributed by atoms with Crippen LogP contribution in [0.1, 0.15) is 38.2 Å². The number of carbonyl (C=O) groups excluding carboxylic acids is 1. The van der Waals surface area contributed by atoms with Crippen LogP contribution in [-0.4, -0.2) is 23.1 Å². The topological polar surface area (TPSA) is 78.4 Å². The molecule has 1 saturated carbocycles. The second-order valence-corrected chi connectivity index (χ2v) is 6.63. The summed E-state index contributed by atoms with van der Waals surface area (Å²) in [5, 5.41) is 15.5. The van der Waals surface area contributed by atoms with Crippen molar-refractivity contribution < 1.29 is 14.7 Å². The minimum atomic E-state index is -0.734. The molecule has 23 heavy (non-hydrogen) atoms. The fraction of sp³-hybridized carbons (Fsp3) is 0.529. The fourth-order valence-electron chi connectivity index (χ4n) is 2.99. The van der Waals surface area contributed by atoms with Crippen LogP contribution < -0.4 is 10.6 Å². The van der Waals surface area contributed by atoms with Crippen LogP contribution >= 0.6 is 11.6 Å². The first-order valence-corrected chi connectivity index (χ1v) is 8.35. The Morgan fingerprint density at radius 1 is 1.22 bits per heavy atom. The molecule has 0 bridgehead atoms. The lowest BCUT2D eigenvalue weighted by molar-refractivity contribution is -0.143. The number of carboxylic acids is 1. The molecule has 1 aromatic carbocycles. The van der Waals surface area contributed by atoms with Crippen molar-refractivity contribution in [3.63, 3.8) is 0 Å². The van der Waals surface area contributed by atoms with E-state index in [4.69, 9.17) is 16.7 Å². The summed E-state index contributed by atoms with van der Waals surface area (Å²) in [7, 11) is 0. The lowest BCUT2D eigenvalue weighted by Crippen LogP contribution is -2.44. The third-order valence-corrected chi connectivity index (χ3v) is 4.82. The molecule has 6 heteroatoms. The van der Waals surface area contributed by atoms with Crippen LogP contribution in [-0.2, 0) is 11.3 Å². The number of carbonyl (C=O) groups is 2. The molecule has 1 fully saturated rings. The average molecular weight is 339 g/mol. The van der Waals surface area contributed by atoms with Crippen molar-refractivity contribution in [1.82, 2.24) is 10.6 Å². The summed E-state index contributed by atoms with van der Waals surface area (Å²) in [6, 6.07) is 7.28. The van der Waals surface area contributed by atoms with Gasteiger partial charge in [-0.3, -0.25) is 4.79 Å². The minimum absolute atomic E-state index is 0.123. The van der Waals surface area contributed by atoms with Crippen molar-refractivity contribution in [3.8, 4) is 0 Å². The molecule has 0 heterocycles. The highest BCUT2D eigenvalue weighted by atomic mass is 35.5. The predicted molar refractivity (Wildman–Crippen MR) is 89.4 cm³/mol. The molecule has 1 aliphatic carbocycles. The number of carboxylic acid groups (broad SMARTS) is 1. The van der Waals surface area contributed by atoms with Crippen LogP contribution in [0, 0.1) is 11.8 Å². The lowest BCUT2D eigenvalue weighted by atomic mass is 9.79. The third-order valence-electron chi connectivity index (χ3n) is 4.57. The van der Waals surface area contributed by atoms with E-state index in [0.717, 1.165) is 31.2 Å². The molecular weight excluding hydrogens is 316 g/mol. The maximum atomic E-state index is 11.9. The zero-order valence-electron chi connectivity index (χ0n) is 13.2. The van der Waals surface area contributed by atoms with Gasteiger partial charge in [-0.05, 0) is 49.3 Å². The van der Waals surface area contributed by atoms with Gasteiger partial charge < -0.3 is 15.7 Å². The van der Waals surface area contributed by atoms with Crippen molar-refractivity contribution in [3.05, 3.63) is 34.9 Å². The normalized spacial score (nSPS) is 22.2. The molecule has 2 amide bonds. The van der Waals surface area contributed by atoms with E-state index < -0.39 is 5.97 Å². The first-order valence-electron chi connectivity index (χ1n) is 7.97. The van der Waals surface area contributed by atoms with Gasteiger partial charge in [0.2, 0.25) is 0 Å². The van der Waals surface area contributed by atoms with Gasteiger partial charge >= 0.3 is 12.0 Å². The van der Waals surface area contributed by atoms with E-state index in [1.807, 2.05) is 12.1 Å². The molecule has 1 aromatic rings. The van der Waals surface area contributed by atoms with Crippen molar-refractivity contribution in [2.45, 2.75) is 45.2 Å². The Balaban J connectivity index is 1.70. The highest BCUT2D eigenvalue weighted by molar-refractivity contribution is 6.30. The maximum Gasteiger partial charge on any atom is 0.315 e. The van der Waals surface area contributed by atoms with Crippen molar-refractivity contribution >= 4 is 23.6 Å². The number of hydrogen-bond acceptors (Lipinski definition) is 2. The second-order valence-electron chi connectivity index (χ2n) is 6.19. The second kappa shape index (κ2) is 8.20. The SMILES string of the molecule is CC(C(=O)O)C1CCC(NC(=O)NCc2ccc(Cl)cc2)CC1. The zero-order chi connectivity index (χ0) is 16.8. The van der Waals surface area contributed by atoms with Gasteiger partial charge in [0.25, 0.3) is 0 Å². The molecular formula is C17H23ClN2O3. The number of urea groups is 1. The first kappa shape index (κ1) is 17.6. The maximum absolute atomic E-state index is 11.9. The van der Waals surface area contributed by atoms with Crippen LogP contribution in [0.5, 0.6) is 0 Å². The monoisotopic (exact) mass is 338 g/mol. The van der Waals surface area contributed by atoms with Crippen molar-refractivity contribution in [2.75, 3.05) is 0 Å². The van der Waals surface area contributed by atoms with Crippen molar-refractivity contribution in [2.24, 2.45) is 11.8 Å². The molecule has 0 spiro atoms. The molecule has 0 saturated heterocycles. The van der Waals surface area contributed by atoms with Gasteiger partial charge in [0.1, 0.15) is 0 Å². The third kappa shape index (κ3) is 5.43. The number of aliphatic carboxylic acids is 1. The summed E-state index contributed by atoms with van der Waals surface area (Å²) >= 11 is 5.82. The Morgan fingerprint density at radius 2 is 1.83 bits per heavy atom. The highest BCUT2D eigenvalue weighted by Gasteiger charge is 2.29. The summed E-state index contributed by atoms with van der Waals surface area (Å²) in [5.74, 6) is -0.834. The number of rotatable bonds is 5. The van der Waals surface area contributed by atoms with Crippen LogP contribution in [0.3, 0.4) is 0 Å². The van der Waals surface area contributed by atoms with Gasteiger partial charge in [0.05, 0.1) is 5.92 Å². The standard InChI is InChI=1S/C17H23ClN2O3/c1-11(16(21)22)13-4-8-15(9-5-13)20-17(23)19-10-12-2-6-14(18)7-3-12/h2-3,6-7,11,13,15H,4-5,8-10H2,1H3,(H,21,22)(H2,19,20,23). The Kier molecular flexibility index (Phi) is 6.28.